The zero-order valence-electron chi connectivity index (χ0n) is 14.8. The van der Waals surface area contributed by atoms with Gasteiger partial charge in [-0.05, 0) is 55.0 Å². The zero-order valence-corrected chi connectivity index (χ0v) is 14.8. The first-order chi connectivity index (χ1) is 12.6. The van der Waals surface area contributed by atoms with Gasteiger partial charge >= 0.3 is 0 Å². The summed E-state index contributed by atoms with van der Waals surface area (Å²) < 4.78 is 18.5. The van der Waals surface area contributed by atoms with Gasteiger partial charge < -0.3 is 4.74 Å². The molecule has 5 nitrogen and oxygen atoms in total. The Morgan fingerprint density at radius 2 is 1.38 bits per heavy atom. The number of ether oxygens (including phenoxy) is 1. The van der Waals surface area contributed by atoms with Crippen LogP contribution in [0.2, 0.25) is 0 Å². The molecule has 0 unspecified atom stereocenters. The first kappa shape index (κ1) is 19.4. The van der Waals surface area contributed by atoms with Gasteiger partial charge in [-0.25, -0.2) is 4.39 Å². The second kappa shape index (κ2) is 10.2. The number of amides is 2. The maximum Gasteiger partial charge on any atom is 0.269 e. The molecule has 2 rings (SSSR count). The Bertz CT molecular complexity index is 715. The number of hydrazine groups is 1. The first-order valence-corrected chi connectivity index (χ1v) is 8.69. The van der Waals surface area contributed by atoms with Crippen molar-refractivity contribution in [2.45, 2.75) is 32.6 Å². The predicted octanol–water partition coefficient (Wildman–Crippen LogP) is 3.86. The van der Waals surface area contributed by atoms with E-state index < -0.39 is 17.6 Å². The van der Waals surface area contributed by atoms with E-state index in [1.165, 1.54) is 37.1 Å². The molecule has 2 aromatic carbocycles. The zero-order chi connectivity index (χ0) is 18.8. The van der Waals surface area contributed by atoms with E-state index >= 15 is 0 Å². The van der Waals surface area contributed by atoms with E-state index in [0.29, 0.717) is 17.9 Å². The van der Waals surface area contributed by atoms with E-state index in [1.54, 1.807) is 24.3 Å². The Morgan fingerprint density at radius 3 is 1.92 bits per heavy atom. The minimum atomic E-state index is -0.523. The maximum atomic E-state index is 12.8. The van der Waals surface area contributed by atoms with Crippen molar-refractivity contribution in [1.82, 2.24) is 10.9 Å². The average Bonchev–Trinajstić information content (AvgIpc) is 2.66. The fraction of sp³-hybridized carbons (Fsp3) is 0.300. The molecule has 0 fully saturated rings. The smallest absolute Gasteiger partial charge is 0.269 e. The molecule has 0 heterocycles. The molecule has 0 aliphatic carbocycles. The fourth-order valence-corrected chi connectivity index (χ4v) is 2.28. The largest absolute Gasteiger partial charge is 0.494 e. The van der Waals surface area contributed by atoms with Gasteiger partial charge in [-0.1, -0.05) is 26.2 Å². The molecule has 2 amide bonds. The summed E-state index contributed by atoms with van der Waals surface area (Å²) in [6, 6.07) is 11.7. The van der Waals surface area contributed by atoms with Gasteiger partial charge in [0, 0.05) is 11.1 Å². The molecule has 0 atom stereocenters. The summed E-state index contributed by atoms with van der Waals surface area (Å²) in [7, 11) is 0. The lowest BCUT2D eigenvalue weighted by molar-refractivity contribution is 0.0846. The van der Waals surface area contributed by atoms with Crippen molar-refractivity contribution in [2.75, 3.05) is 6.61 Å². The molecule has 0 spiro atoms. The van der Waals surface area contributed by atoms with Crippen LogP contribution >= 0.6 is 0 Å². The number of unbranched alkanes of at least 4 members (excludes halogenated alkanes) is 3. The van der Waals surface area contributed by atoms with Gasteiger partial charge in [-0.15, -0.1) is 0 Å². The SMILES string of the molecule is CCCCCCOc1ccc(C(=O)NNC(=O)c2ccc(F)cc2)cc1. The summed E-state index contributed by atoms with van der Waals surface area (Å²) in [5.41, 5.74) is 5.26. The van der Waals surface area contributed by atoms with Crippen LogP contribution < -0.4 is 15.6 Å². The highest BCUT2D eigenvalue weighted by molar-refractivity contribution is 5.99. The van der Waals surface area contributed by atoms with Crippen LogP contribution in [0.3, 0.4) is 0 Å². The molecular formula is C20H23FN2O3. The van der Waals surface area contributed by atoms with Crippen molar-refractivity contribution >= 4 is 11.8 Å². The van der Waals surface area contributed by atoms with Crippen molar-refractivity contribution < 1.29 is 18.7 Å². The monoisotopic (exact) mass is 358 g/mol. The molecule has 0 saturated carbocycles. The molecule has 0 aliphatic rings. The highest BCUT2D eigenvalue weighted by atomic mass is 19.1. The van der Waals surface area contributed by atoms with E-state index in [-0.39, 0.29) is 5.56 Å². The van der Waals surface area contributed by atoms with Crippen molar-refractivity contribution in [3.05, 3.63) is 65.5 Å². The van der Waals surface area contributed by atoms with Crippen molar-refractivity contribution in [1.29, 1.82) is 0 Å². The molecule has 2 aromatic rings. The minimum absolute atomic E-state index is 0.249. The third-order valence-electron chi connectivity index (χ3n) is 3.78. The van der Waals surface area contributed by atoms with Gasteiger partial charge in [-0.2, -0.15) is 0 Å². The van der Waals surface area contributed by atoms with Crippen molar-refractivity contribution in [3.8, 4) is 5.75 Å². The quantitative estimate of drug-likeness (QED) is 0.556. The summed E-state index contributed by atoms with van der Waals surface area (Å²) in [4.78, 5) is 23.9. The number of carbonyl (C=O) groups excluding carboxylic acids is 2. The lowest BCUT2D eigenvalue weighted by atomic mass is 10.2. The van der Waals surface area contributed by atoms with Crippen LogP contribution in [-0.4, -0.2) is 18.4 Å². The number of hydrogen-bond donors (Lipinski definition) is 2. The standard InChI is InChI=1S/C20H23FN2O3/c1-2-3-4-5-14-26-18-12-8-16(9-13-18)20(25)23-22-19(24)15-6-10-17(21)11-7-15/h6-13H,2-5,14H2,1H3,(H,22,24)(H,23,25). The van der Waals surface area contributed by atoms with Gasteiger partial charge in [0.25, 0.3) is 11.8 Å². The van der Waals surface area contributed by atoms with Gasteiger partial charge in [0.2, 0.25) is 0 Å². The van der Waals surface area contributed by atoms with Crippen LogP contribution in [-0.2, 0) is 0 Å². The lowest BCUT2D eigenvalue weighted by Crippen LogP contribution is -2.41. The number of halogens is 1. The third kappa shape index (κ3) is 6.20. The van der Waals surface area contributed by atoms with E-state index in [0.717, 1.165) is 12.8 Å². The first-order valence-electron chi connectivity index (χ1n) is 8.69. The van der Waals surface area contributed by atoms with Crippen LogP contribution in [0.5, 0.6) is 5.75 Å². The number of rotatable bonds is 8. The molecule has 0 bridgehead atoms. The highest BCUT2D eigenvalue weighted by Gasteiger charge is 2.09. The van der Waals surface area contributed by atoms with Crippen LogP contribution in [0.15, 0.2) is 48.5 Å². The molecule has 138 valence electrons. The van der Waals surface area contributed by atoms with Crippen molar-refractivity contribution in [2.24, 2.45) is 0 Å². The van der Waals surface area contributed by atoms with E-state index in [1.807, 2.05) is 0 Å². The number of hydrogen-bond acceptors (Lipinski definition) is 3. The molecule has 0 aromatic heterocycles. The summed E-state index contributed by atoms with van der Waals surface area (Å²) >= 11 is 0. The number of benzene rings is 2. The number of nitrogens with one attached hydrogen (secondary N) is 2. The Hall–Kier alpha value is -2.89. The topological polar surface area (TPSA) is 67.4 Å². The highest BCUT2D eigenvalue weighted by Crippen LogP contribution is 2.13. The Morgan fingerprint density at radius 1 is 0.846 bits per heavy atom. The van der Waals surface area contributed by atoms with Gasteiger partial charge in [0.15, 0.2) is 0 Å². The van der Waals surface area contributed by atoms with Gasteiger partial charge in [0.05, 0.1) is 6.61 Å². The molecule has 6 heteroatoms. The Labute approximate surface area is 152 Å². The third-order valence-corrected chi connectivity index (χ3v) is 3.78. The van der Waals surface area contributed by atoms with E-state index in [2.05, 4.69) is 17.8 Å². The average molecular weight is 358 g/mol. The molecule has 0 aliphatic heterocycles. The van der Waals surface area contributed by atoms with Crippen molar-refractivity contribution in [3.63, 3.8) is 0 Å². The van der Waals surface area contributed by atoms with Crippen LogP contribution in [0, 0.1) is 5.82 Å². The minimum Gasteiger partial charge on any atom is -0.494 e. The van der Waals surface area contributed by atoms with Gasteiger partial charge in [-0.3, -0.25) is 20.4 Å². The molecule has 2 N–H and O–H groups in total. The predicted molar refractivity (Wildman–Crippen MR) is 97.4 cm³/mol. The summed E-state index contributed by atoms with van der Waals surface area (Å²) in [6.07, 6.45) is 4.53. The Kier molecular flexibility index (Phi) is 7.61. The maximum absolute atomic E-state index is 12.8. The summed E-state index contributed by atoms with van der Waals surface area (Å²) in [5.74, 6) is -0.702. The lowest BCUT2D eigenvalue weighted by Gasteiger charge is -2.09. The summed E-state index contributed by atoms with van der Waals surface area (Å²) in [6.45, 7) is 2.81. The fourth-order valence-electron chi connectivity index (χ4n) is 2.28. The van der Waals surface area contributed by atoms with Gasteiger partial charge in [0.1, 0.15) is 11.6 Å². The molecule has 0 saturated heterocycles. The van der Waals surface area contributed by atoms with Crippen LogP contribution in [0.4, 0.5) is 4.39 Å². The van der Waals surface area contributed by atoms with Crippen LogP contribution in [0.1, 0.15) is 53.3 Å². The van der Waals surface area contributed by atoms with E-state index in [9.17, 15) is 14.0 Å². The Balaban J connectivity index is 1.78. The van der Waals surface area contributed by atoms with E-state index in [4.69, 9.17) is 4.74 Å². The number of carbonyl (C=O) groups is 2. The molecular weight excluding hydrogens is 335 g/mol. The van der Waals surface area contributed by atoms with Crippen LogP contribution in [0.25, 0.3) is 0 Å². The molecule has 0 radical (unpaired) electrons. The normalized spacial score (nSPS) is 10.2. The molecule has 26 heavy (non-hydrogen) atoms. The second-order valence-corrected chi connectivity index (χ2v) is 5.85. The second-order valence-electron chi connectivity index (χ2n) is 5.85. The summed E-state index contributed by atoms with van der Waals surface area (Å²) in [5, 5.41) is 0.